The third-order valence-corrected chi connectivity index (χ3v) is 4.80. The largest absolute Gasteiger partial charge is 0.372 e. The molecule has 2 aromatic carbocycles. The Labute approximate surface area is 148 Å². The molecule has 0 spiro atoms. The lowest BCUT2D eigenvalue weighted by atomic mass is 10.1. The number of likely N-dealkylation sites (N-methyl/N-ethyl adjacent to an activating group) is 1. The van der Waals surface area contributed by atoms with E-state index in [1.807, 2.05) is 17.0 Å². The number of fused-ring (bicyclic) bond motifs is 1. The summed E-state index contributed by atoms with van der Waals surface area (Å²) < 4.78 is 0. The Kier molecular flexibility index (Phi) is 4.74. The molecule has 2 N–H and O–H groups in total. The third kappa shape index (κ3) is 3.36. The number of nitrogens with two attached hydrogens (primary N) is 1. The summed E-state index contributed by atoms with van der Waals surface area (Å²) in [6, 6.07) is 14.9. The van der Waals surface area contributed by atoms with Crippen molar-refractivity contribution in [3.63, 3.8) is 0 Å². The number of rotatable bonds is 3. The number of hydrogen-bond acceptors (Lipinski definition) is 3. The molecule has 0 aliphatic carbocycles. The molecular formula is C20H23N3O2. The van der Waals surface area contributed by atoms with Crippen LogP contribution < -0.4 is 10.6 Å². The predicted octanol–water partition coefficient (Wildman–Crippen LogP) is 2.66. The predicted molar refractivity (Wildman–Crippen MR) is 98.6 cm³/mol. The van der Waals surface area contributed by atoms with Crippen molar-refractivity contribution in [2.24, 2.45) is 5.73 Å². The molecule has 5 nitrogen and oxygen atoms in total. The molecule has 0 saturated carbocycles. The maximum atomic E-state index is 13.2. The highest BCUT2D eigenvalue weighted by molar-refractivity contribution is 5.99. The molecule has 0 fully saturated rings. The summed E-state index contributed by atoms with van der Waals surface area (Å²) in [5.74, 6) is -0.595. The number of carbonyl (C=O) groups is 2. The van der Waals surface area contributed by atoms with Crippen LogP contribution in [0.15, 0.2) is 48.5 Å². The van der Waals surface area contributed by atoms with Crippen molar-refractivity contribution < 1.29 is 9.59 Å². The Balaban J connectivity index is 1.97. The van der Waals surface area contributed by atoms with Crippen LogP contribution in [-0.2, 0) is 6.54 Å². The molecule has 0 unspecified atom stereocenters. The van der Waals surface area contributed by atoms with Gasteiger partial charge in [-0.15, -0.1) is 0 Å². The number of nitrogens with zero attached hydrogens (tertiary/aromatic N) is 2. The molecule has 0 aromatic heterocycles. The van der Waals surface area contributed by atoms with Crippen molar-refractivity contribution in [2.45, 2.75) is 25.9 Å². The number of primary amides is 1. The summed E-state index contributed by atoms with van der Waals surface area (Å²) >= 11 is 0. The van der Waals surface area contributed by atoms with Crippen LogP contribution in [0.5, 0.6) is 0 Å². The minimum atomic E-state index is -0.525. The Morgan fingerprint density at radius 1 is 1.12 bits per heavy atom. The molecular weight excluding hydrogens is 314 g/mol. The van der Waals surface area contributed by atoms with Crippen LogP contribution in [0.3, 0.4) is 0 Å². The van der Waals surface area contributed by atoms with Gasteiger partial charge in [0.2, 0.25) is 5.91 Å². The second-order valence-corrected chi connectivity index (χ2v) is 6.45. The molecule has 25 heavy (non-hydrogen) atoms. The molecule has 0 radical (unpaired) electrons. The maximum absolute atomic E-state index is 13.2. The molecule has 0 bridgehead atoms. The Hall–Kier alpha value is -2.82. The zero-order chi connectivity index (χ0) is 18.0. The number of carbonyl (C=O) groups excluding carboxylic acids is 2. The number of anilines is 1. The van der Waals surface area contributed by atoms with E-state index in [-0.39, 0.29) is 11.9 Å². The highest BCUT2D eigenvalue weighted by atomic mass is 16.2. The van der Waals surface area contributed by atoms with E-state index in [1.165, 1.54) is 0 Å². The van der Waals surface area contributed by atoms with Crippen LogP contribution in [0.4, 0.5) is 5.69 Å². The van der Waals surface area contributed by atoms with E-state index >= 15 is 0 Å². The molecule has 1 aliphatic rings. The van der Waals surface area contributed by atoms with Crippen molar-refractivity contribution in [2.75, 3.05) is 18.5 Å². The van der Waals surface area contributed by atoms with Gasteiger partial charge in [0, 0.05) is 43.0 Å². The van der Waals surface area contributed by atoms with E-state index in [4.69, 9.17) is 5.73 Å². The molecule has 1 atom stereocenters. The summed E-state index contributed by atoms with van der Waals surface area (Å²) in [5.41, 5.74) is 8.48. The first-order valence-corrected chi connectivity index (χ1v) is 8.51. The van der Waals surface area contributed by atoms with Crippen molar-refractivity contribution in [1.82, 2.24) is 4.90 Å². The molecule has 3 rings (SSSR count). The first kappa shape index (κ1) is 17.0. The molecule has 2 amide bonds. The van der Waals surface area contributed by atoms with E-state index in [2.05, 4.69) is 31.0 Å². The molecule has 130 valence electrons. The lowest BCUT2D eigenvalue weighted by Gasteiger charge is -2.31. The lowest BCUT2D eigenvalue weighted by molar-refractivity contribution is 0.0667. The minimum absolute atomic E-state index is 0.0694. The zero-order valence-electron chi connectivity index (χ0n) is 14.6. The maximum Gasteiger partial charge on any atom is 0.254 e. The fraction of sp³-hybridized carbons (Fsp3) is 0.300. The fourth-order valence-corrected chi connectivity index (χ4v) is 3.40. The summed E-state index contributed by atoms with van der Waals surface area (Å²) in [4.78, 5) is 28.7. The van der Waals surface area contributed by atoms with Crippen molar-refractivity contribution in [1.29, 1.82) is 0 Å². The van der Waals surface area contributed by atoms with Gasteiger partial charge in [0.05, 0.1) is 0 Å². The molecule has 1 heterocycles. The smallest absolute Gasteiger partial charge is 0.254 e. The number of para-hydroxylation sites is 1. The standard InChI is InChI=1S/C20H23N3O2/c1-3-17-13-22(2)18-10-5-4-7-16(18)12-23(17)20(25)15-9-6-8-14(11-15)19(21)24/h4-11,17H,3,12-13H2,1-2H3,(H2,21,24)/t17-/m1/s1. The second kappa shape index (κ2) is 6.97. The van der Waals surface area contributed by atoms with Crippen LogP contribution in [-0.4, -0.2) is 36.3 Å². The molecule has 1 aliphatic heterocycles. The summed E-state index contributed by atoms with van der Waals surface area (Å²) in [6.07, 6.45) is 0.861. The van der Waals surface area contributed by atoms with E-state index < -0.39 is 5.91 Å². The van der Waals surface area contributed by atoms with Gasteiger partial charge in [0.1, 0.15) is 0 Å². The van der Waals surface area contributed by atoms with Gasteiger partial charge >= 0.3 is 0 Å². The van der Waals surface area contributed by atoms with E-state index in [1.54, 1.807) is 24.3 Å². The van der Waals surface area contributed by atoms with Crippen LogP contribution >= 0.6 is 0 Å². The van der Waals surface area contributed by atoms with Crippen molar-refractivity contribution >= 4 is 17.5 Å². The van der Waals surface area contributed by atoms with Crippen LogP contribution in [0.25, 0.3) is 0 Å². The summed E-state index contributed by atoms with van der Waals surface area (Å²) in [5, 5.41) is 0. The Bertz CT molecular complexity index is 803. The van der Waals surface area contributed by atoms with E-state index in [9.17, 15) is 9.59 Å². The topological polar surface area (TPSA) is 66.6 Å². The van der Waals surface area contributed by atoms with Crippen molar-refractivity contribution in [3.8, 4) is 0 Å². The monoisotopic (exact) mass is 337 g/mol. The van der Waals surface area contributed by atoms with Crippen LogP contribution in [0.1, 0.15) is 39.6 Å². The van der Waals surface area contributed by atoms with Gasteiger partial charge < -0.3 is 15.5 Å². The quantitative estimate of drug-likeness (QED) is 0.936. The first-order valence-electron chi connectivity index (χ1n) is 8.51. The van der Waals surface area contributed by atoms with E-state index in [0.29, 0.717) is 17.7 Å². The lowest BCUT2D eigenvalue weighted by Crippen LogP contribution is -2.43. The van der Waals surface area contributed by atoms with Gasteiger partial charge in [-0.2, -0.15) is 0 Å². The Morgan fingerprint density at radius 2 is 1.84 bits per heavy atom. The number of benzene rings is 2. The third-order valence-electron chi connectivity index (χ3n) is 4.80. The average Bonchev–Trinajstić information content (AvgIpc) is 2.78. The van der Waals surface area contributed by atoms with E-state index in [0.717, 1.165) is 24.2 Å². The van der Waals surface area contributed by atoms with Gasteiger partial charge in [-0.25, -0.2) is 0 Å². The highest BCUT2D eigenvalue weighted by Gasteiger charge is 2.29. The first-order chi connectivity index (χ1) is 12.0. The molecule has 0 saturated heterocycles. The van der Waals surface area contributed by atoms with Crippen molar-refractivity contribution in [3.05, 3.63) is 65.2 Å². The molecule has 5 heteroatoms. The van der Waals surface area contributed by atoms with Gasteiger partial charge in [0.25, 0.3) is 5.91 Å². The van der Waals surface area contributed by atoms with Gasteiger partial charge in [-0.05, 0) is 36.2 Å². The number of hydrogen-bond donors (Lipinski definition) is 1. The van der Waals surface area contributed by atoms with Crippen LogP contribution in [0.2, 0.25) is 0 Å². The zero-order valence-corrected chi connectivity index (χ0v) is 14.6. The Morgan fingerprint density at radius 3 is 2.56 bits per heavy atom. The summed E-state index contributed by atoms with van der Waals surface area (Å²) in [7, 11) is 2.06. The minimum Gasteiger partial charge on any atom is -0.372 e. The average molecular weight is 337 g/mol. The van der Waals surface area contributed by atoms with Gasteiger partial charge in [0.15, 0.2) is 0 Å². The second-order valence-electron chi connectivity index (χ2n) is 6.45. The van der Waals surface area contributed by atoms with Crippen LogP contribution in [0, 0.1) is 0 Å². The van der Waals surface area contributed by atoms with Gasteiger partial charge in [-0.3, -0.25) is 9.59 Å². The highest BCUT2D eigenvalue weighted by Crippen LogP contribution is 2.28. The number of amides is 2. The molecule has 2 aromatic rings. The normalized spacial score (nSPS) is 17.0. The fourth-order valence-electron chi connectivity index (χ4n) is 3.40. The SMILES string of the molecule is CC[C@@H]1CN(C)c2ccccc2CN1C(=O)c1cccc(C(N)=O)c1. The van der Waals surface area contributed by atoms with Gasteiger partial charge in [-0.1, -0.05) is 31.2 Å². The summed E-state index contributed by atoms with van der Waals surface area (Å²) in [6.45, 7) is 3.42.